The molecule has 0 atom stereocenters. The summed E-state index contributed by atoms with van der Waals surface area (Å²) in [7, 11) is 0. The molecule has 0 unspecified atom stereocenters. The fourth-order valence-electron chi connectivity index (χ4n) is 0.516. The molecule has 50 valence electrons. The number of carbonyl (C=O) groups excluding carboxylic acids is 1. The van der Waals surface area contributed by atoms with Gasteiger partial charge in [0.05, 0.1) is 0 Å². The lowest BCUT2D eigenvalue weighted by molar-refractivity contribution is -0.119. The lowest BCUT2D eigenvalue weighted by Crippen LogP contribution is -2.28. The van der Waals surface area contributed by atoms with Gasteiger partial charge in [0, 0.05) is 0 Å². The Morgan fingerprint density at radius 1 is 1.80 bits per heavy atom. The highest BCUT2D eigenvalue weighted by Gasteiger charge is 2.28. The molecule has 0 aliphatic carbocycles. The summed E-state index contributed by atoms with van der Waals surface area (Å²) >= 11 is 0. The summed E-state index contributed by atoms with van der Waals surface area (Å²) in [6.45, 7) is 0. The molecule has 6 nitrogen and oxygen atoms in total. The molecule has 1 amide bonds. The van der Waals surface area contributed by atoms with E-state index in [1.807, 2.05) is 0 Å². The third-order valence-corrected chi connectivity index (χ3v) is 0.918. The van der Waals surface area contributed by atoms with Crippen LogP contribution in [0.4, 0.5) is 0 Å². The standard InChI is InChI=1S/C4H3N5O/c5-3(10)2-4(9-6)8-1-7-2/h1,6H,(H-,5,10)/p+1. The largest absolute Gasteiger partial charge is 0.478 e. The van der Waals surface area contributed by atoms with E-state index in [1.54, 1.807) is 0 Å². The highest BCUT2D eigenvalue weighted by Crippen LogP contribution is 1.89. The van der Waals surface area contributed by atoms with Crippen molar-refractivity contribution in [1.29, 1.82) is 5.53 Å². The molecule has 1 aliphatic heterocycles. The van der Waals surface area contributed by atoms with Crippen LogP contribution in [0.2, 0.25) is 0 Å². The monoisotopic (exact) mass is 138 g/mol. The van der Waals surface area contributed by atoms with Gasteiger partial charge in [-0.05, 0) is 10.5 Å². The second-order valence-corrected chi connectivity index (χ2v) is 1.52. The second kappa shape index (κ2) is 2.20. The summed E-state index contributed by atoms with van der Waals surface area (Å²) in [5.41, 5.74) is 11.3. The molecule has 0 bridgehead atoms. The fraction of sp³-hybridized carbons (Fsp3) is 0. The number of primary amides is 1. The Bertz CT molecular complexity index is 282. The molecule has 1 aliphatic rings. The van der Waals surface area contributed by atoms with Crippen LogP contribution >= 0.6 is 0 Å². The third kappa shape index (κ3) is 0.828. The van der Waals surface area contributed by atoms with Crippen molar-refractivity contribution in [1.82, 2.24) is 0 Å². The van der Waals surface area contributed by atoms with E-state index in [4.69, 9.17) is 11.3 Å². The van der Waals surface area contributed by atoms with Gasteiger partial charge in [0.2, 0.25) is 12.1 Å². The van der Waals surface area contributed by atoms with Crippen molar-refractivity contribution in [3.63, 3.8) is 0 Å². The zero-order valence-corrected chi connectivity index (χ0v) is 4.90. The lowest BCUT2D eigenvalue weighted by atomic mass is 10.3. The van der Waals surface area contributed by atoms with E-state index in [1.165, 1.54) is 0 Å². The van der Waals surface area contributed by atoms with Gasteiger partial charge in [-0.15, -0.1) is 0 Å². The van der Waals surface area contributed by atoms with Crippen molar-refractivity contribution in [2.75, 3.05) is 0 Å². The number of hydrogen-bond donors (Lipinski definition) is 2. The molecule has 0 aromatic rings. The van der Waals surface area contributed by atoms with Crippen LogP contribution in [0.15, 0.2) is 9.98 Å². The van der Waals surface area contributed by atoms with Crippen molar-refractivity contribution in [2.24, 2.45) is 15.7 Å². The summed E-state index contributed by atoms with van der Waals surface area (Å²) in [4.78, 5) is 20.3. The van der Waals surface area contributed by atoms with Crippen molar-refractivity contribution in [3.8, 4) is 0 Å². The van der Waals surface area contributed by atoms with Gasteiger partial charge >= 0.3 is 5.84 Å². The Balaban J connectivity index is 3.04. The SMILES string of the molecule is N=[N+]=C1N=CN=C1C(N)=O. The van der Waals surface area contributed by atoms with Crippen LogP contribution in [-0.4, -0.2) is 28.6 Å². The molecule has 1 rings (SSSR count). The molecule has 0 saturated carbocycles. The van der Waals surface area contributed by atoms with Gasteiger partial charge in [-0.25, -0.2) is 0 Å². The number of rotatable bonds is 1. The minimum absolute atomic E-state index is 0.0347. The molecule has 0 spiro atoms. The third-order valence-electron chi connectivity index (χ3n) is 0.918. The Labute approximate surface area is 55.7 Å². The van der Waals surface area contributed by atoms with Gasteiger partial charge in [0.15, 0.2) is 0 Å². The highest BCUT2D eigenvalue weighted by atomic mass is 16.1. The van der Waals surface area contributed by atoms with Crippen LogP contribution in [0.5, 0.6) is 0 Å². The maximum Gasteiger partial charge on any atom is 0.478 e. The predicted molar refractivity (Wildman–Crippen MR) is 33.1 cm³/mol. The minimum Gasteiger partial charge on any atom is -0.364 e. The van der Waals surface area contributed by atoms with Gasteiger partial charge in [-0.1, -0.05) is 4.79 Å². The first-order valence-electron chi connectivity index (χ1n) is 2.40. The second-order valence-electron chi connectivity index (χ2n) is 1.52. The van der Waals surface area contributed by atoms with Gasteiger partial charge in [0.1, 0.15) is 0 Å². The molecule has 0 aromatic carbocycles. The Hall–Kier alpha value is -1.81. The average Bonchev–Trinajstić information content (AvgIpc) is 2.33. The highest BCUT2D eigenvalue weighted by molar-refractivity contribution is 6.67. The maximum absolute atomic E-state index is 10.4. The molecule has 0 fully saturated rings. The van der Waals surface area contributed by atoms with E-state index in [9.17, 15) is 4.79 Å². The van der Waals surface area contributed by atoms with Crippen molar-refractivity contribution < 1.29 is 9.58 Å². The first-order valence-corrected chi connectivity index (χ1v) is 2.40. The molecule has 0 aromatic heterocycles. The summed E-state index contributed by atoms with van der Waals surface area (Å²) < 4.78 is 0. The zero-order valence-electron chi connectivity index (χ0n) is 4.90. The molecule has 6 heteroatoms. The van der Waals surface area contributed by atoms with Crippen LogP contribution < -0.4 is 5.73 Å². The van der Waals surface area contributed by atoms with Crippen LogP contribution in [0.25, 0.3) is 0 Å². The molecule has 10 heavy (non-hydrogen) atoms. The number of nitrogens with zero attached hydrogens (tertiary/aromatic N) is 3. The molecule has 0 saturated heterocycles. The van der Waals surface area contributed by atoms with Crippen molar-refractivity contribution in [2.45, 2.75) is 0 Å². The molecule has 1 heterocycles. The first kappa shape index (κ1) is 6.31. The van der Waals surface area contributed by atoms with Crippen molar-refractivity contribution >= 4 is 23.8 Å². The van der Waals surface area contributed by atoms with Crippen molar-refractivity contribution in [3.05, 3.63) is 0 Å². The lowest BCUT2D eigenvalue weighted by Gasteiger charge is -1.79. The smallest absolute Gasteiger partial charge is 0.364 e. The molecule has 3 N–H and O–H groups in total. The fourth-order valence-corrected chi connectivity index (χ4v) is 0.516. The Morgan fingerprint density at radius 3 is 2.90 bits per heavy atom. The van der Waals surface area contributed by atoms with E-state index in [-0.39, 0.29) is 11.5 Å². The van der Waals surface area contributed by atoms with E-state index >= 15 is 0 Å². The van der Waals surface area contributed by atoms with Gasteiger partial charge in [-0.2, -0.15) is 4.99 Å². The normalized spacial score (nSPS) is 14.8. The predicted octanol–water partition coefficient (Wildman–Crippen LogP) is -1.41. The number of amidine groups is 1. The van der Waals surface area contributed by atoms with E-state index in [0.717, 1.165) is 6.34 Å². The summed E-state index contributed by atoms with van der Waals surface area (Å²) in [5.74, 6) is -0.754. The van der Waals surface area contributed by atoms with Gasteiger partial charge in [0.25, 0.3) is 5.91 Å². The number of aliphatic imine (C=N–C) groups is 2. The number of nitrogens with two attached hydrogens (primary N) is 1. The topological polar surface area (TPSA) is 106 Å². The average molecular weight is 138 g/mol. The Morgan fingerprint density at radius 2 is 2.50 bits per heavy atom. The van der Waals surface area contributed by atoms with Crippen LogP contribution in [0.1, 0.15) is 0 Å². The number of carbonyl (C=O) groups is 1. The van der Waals surface area contributed by atoms with E-state index in [0.29, 0.717) is 0 Å². The van der Waals surface area contributed by atoms with Crippen LogP contribution in [0, 0.1) is 5.53 Å². The summed E-state index contributed by atoms with van der Waals surface area (Å²) in [6, 6.07) is 0. The van der Waals surface area contributed by atoms with Crippen LogP contribution in [0.3, 0.4) is 0 Å². The summed E-state index contributed by atoms with van der Waals surface area (Å²) in [6.07, 6.45) is 1.13. The number of hydrogen-bond acceptors (Lipinski definition) is 3. The van der Waals surface area contributed by atoms with Gasteiger partial charge < -0.3 is 5.73 Å². The molecular weight excluding hydrogens is 134 g/mol. The minimum atomic E-state index is -0.719. The van der Waals surface area contributed by atoms with Crippen LogP contribution in [-0.2, 0) is 4.79 Å². The first-order chi connectivity index (χ1) is 4.75. The Kier molecular flexibility index (Phi) is 1.39. The van der Waals surface area contributed by atoms with E-state index < -0.39 is 5.91 Å². The molecule has 0 radical (unpaired) electrons. The number of nitrogens with one attached hydrogen (secondary N) is 1. The summed E-state index contributed by atoms with van der Waals surface area (Å²) in [5, 5.41) is 0. The quantitative estimate of drug-likeness (QED) is 0.337. The van der Waals surface area contributed by atoms with Gasteiger partial charge in [-0.3, -0.25) is 4.79 Å². The number of amides is 1. The van der Waals surface area contributed by atoms with E-state index in [2.05, 4.69) is 14.8 Å². The maximum atomic E-state index is 10.4. The zero-order chi connectivity index (χ0) is 7.56. The molecular formula is C4H4N5O+.